The predicted molar refractivity (Wildman–Crippen MR) is 98.4 cm³/mol. The van der Waals surface area contributed by atoms with Gasteiger partial charge in [0, 0.05) is 25.4 Å². The van der Waals surface area contributed by atoms with Gasteiger partial charge in [0.2, 0.25) is 0 Å². The number of methoxy groups -OCH3 is 1. The largest absolute Gasteiger partial charge is 0.495 e. The molecule has 0 aromatic heterocycles. The number of ether oxygens (including phenoxy) is 2. The third-order valence-electron chi connectivity index (χ3n) is 3.69. The number of aliphatic hydroxyl groups is 1. The Hall–Kier alpha value is -1.91. The third kappa shape index (κ3) is 5.05. The van der Waals surface area contributed by atoms with Crippen molar-refractivity contribution in [2.45, 2.75) is 19.9 Å². The van der Waals surface area contributed by atoms with Gasteiger partial charge in [0.05, 0.1) is 18.7 Å². The summed E-state index contributed by atoms with van der Waals surface area (Å²) in [7, 11) is 1.60. The first-order valence-corrected chi connectivity index (χ1v) is 8.46. The monoisotopic (exact) mass is 349 g/mol. The summed E-state index contributed by atoms with van der Waals surface area (Å²) in [6.07, 6.45) is 0.695. The van der Waals surface area contributed by atoms with E-state index in [1.54, 1.807) is 7.11 Å². The summed E-state index contributed by atoms with van der Waals surface area (Å²) in [5, 5.41) is 9.75. The van der Waals surface area contributed by atoms with Crippen LogP contribution < -0.4 is 14.4 Å². The Balaban J connectivity index is 2.16. The second-order valence-electron chi connectivity index (χ2n) is 5.39. The van der Waals surface area contributed by atoms with Gasteiger partial charge in [0.1, 0.15) is 11.5 Å². The molecule has 130 valence electrons. The van der Waals surface area contributed by atoms with E-state index in [0.29, 0.717) is 23.8 Å². The van der Waals surface area contributed by atoms with Gasteiger partial charge in [-0.15, -0.1) is 0 Å². The van der Waals surface area contributed by atoms with Gasteiger partial charge in [-0.1, -0.05) is 23.7 Å². The number of hydrogen-bond acceptors (Lipinski definition) is 4. The van der Waals surface area contributed by atoms with Crippen molar-refractivity contribution in [1.29, 1.82) is 0 Å². The van der Waals surface area contributed by atoms with E-state index in [-0.39, 0.29) is 6.61 Å². The average molecular weight is 350 g/mol. The van der Waals surface area contributed by atoms with Crippen LogP contribution in [0.3, 0.4) is 0 Å². The molecular formula is C19H24ClNO3. The number of rotatable bonds is 9. The fourth-order valence-electron chi connectivity index (χ4n) is 2.49. The van der Waals surface area contributed by atoms with Gasteiger partial charge in [0.15, 0.2) is 0 Å². The molecule has 4 nitrogen and oxygen atoms in total. The van der Waals surface area contributed by atoms with Crippen LogP contribution in [-0.4, -0.2) is 32.0 Å². The van der Waals surface area contributed by atoms with Crippen LogP contribution in [0.5, 0.6) is 11.5 Å². The normalized spacial score (nSPS) is 10.5. The van der Waals surface area contributed by atoms with Crippen molar-refractivity contribution >= 4 is 17.3 Å². The van der Waals surface area contributed by atoms with Crippen molar-refractivity contribution in [3.8, 4) is 11.5 Å². The summed E-state index contributed by atoms with van der Waals surface area (Å²) < 4.78 is 10.7. The molecule has 5 heteroatoms. The number of anilines is 1. The summed E-state index contributed by atoms with van der Waals surface area (Å²) in [5.41, 5.74) is 2.17. The van der Waals surface area contributed by atoms with Crippen LogP contribution in [-0.2, 0) is 6.54 Å². The van der Waals surface area contributed by atoms with Crippen LogP contribution >= 0.6 is 11.6 Å². The lowest BCUT2D eigenvalue weighted by atomic mass is 10.1. The maximum absolute atomic E-state index is 9.17. The number of halogens is 1. The zero-order valence-electron chi connectivity index (χ0n) is 14.2. The maximum Gasteiger partial charge on any atom is 0.137 e. The molecule has 0 atom stereocenters. The van der Waals surface area contributed by atoms with Gasteiger partial charge in [-0.25, -0.2) is 0 Å². The first kappa shape index (κ1) is 18.4. The zero-order valence-corrected chi connectivity index (χ0v) is 14.9. The van der Waals surface area contributed by atoms with Crippen molar-refractivity contribution in [2.24, 2.45) is 0 Å². The quantitative estimate of drug-likeness (QED) is 0.739. The molecule has 0 aliphatic carbocycles. The van der Waals surface area contributed by atoms with Crippen molar-refractivity contribution in [1.82, 2.24) is 0 Å². The second kappa shape index (κ2) is 9.40. The maximum atomic E-state index is 9.17. The summed E-state index contributed by atoms with van der Waals surface area (Å²) in [4.78, 5) is 2.19. The molecule has 0 saturated heterocycles. The van der Waals surface area contributed by atoms with E-state index < -0.39 is 0 Å². The van der Waals surface area contributed by atoms with Crippen LogP contribution in [0.15, 0.2) is 42.5 Å². The van der Waals surface area contributed by atoms with Gasteiger partial charge >= 0.3 is 0 Å². The SMILES string of the molecule is CCOc1ccc(CN(CCCO)c2ccc(OC)c(Cl)c2)cc1. The Bertz CT molecular complexity index is 631. The smallest absolute Gasteiger partial charge is 0.137 e. The lowest BCUT2D eigenvalue weighted by Crippen LogP contribution is -2.24. The first-order chi connectivity index (χ1) is 11.7. The fraction of sp³-hybridized carbons (Fsp3) is 0.368. The summed E-state index contributed by atoms with van der Waals surface area (Å²) in [5.74, 6) is 1.53. The third-order valence-corrected chi connectivity index (χ3v) is 3.99. The van der Waals surface area contributed by atoms with Crippen LogP contribution in [0, 0.1) is 0 Å². The fourth-order valence-corrected chi connectivity index (χ4v) is 2.74. The molecule has 0 heterocycles. The Morgan fingerprint density at radius 2 is 1.88 bits per heavy atom. The molecule has 2 rings (SSSR count). The molecule has 24 heavy (non-hydrogen) atoms. The lowest BCUT2D eigenvalue weighted by molar-refractivity contribution is 0.289. The van der Waals surface area contributed by atoms with E-state index in [1.807, 2.05) is 37.3 Å². The Morgan fingerprint density at radius 1 is 1.12 bits per heavy atom. The van der Waals surface area contributed by atoms with E-state index in [2.05, 4.69) is 17.0 Å². The second-order valence-corrected chi connectivity index (χ2v) is 5.80. The highest BCUT2D eigenvalue weighted by Crippen LogP contribution is 2.30. The van der Waals surface area contributed by atoms with E-state index >= 15 is 0 Å². The molecule has 0 spiro atoms. The molecule has 0 amide bonds. The minimum atomic E-state index is 0.156. The highest BCUT2D eigenvalue weighted by atomic mass is 35.5. The Labute approximate surface area is 148 Å². The molecule has 0 bridgehead atoms. The molecule has 0 fully saturated rings. The van der Waals surface area contributed by atoms with Gasteiger partial charge < -0.3 is 19.5 Å². The Kier molecular flexibility index (Phi) is 7.22. The summed E-state index contributed by atoms with van der Waals surface area (Å²) in [6, 6.07) is 13.8. The number of benzene rings is 2. The summed E-state index contributed by atoms with van der Waals surface area (Å²) >= 11 is 6.25. The zero-order chi connectivity index (χ0) is 17.4. The molecule has 0 saturated carbocycles. The van der Waals surface area contributed by atoms with E-state index in [0.717, 1.165) is 24.5 Å². The molecule has 0 unspecified atom stereocenters. The molecule has 2 aromatic rings. The number of aliphatic hydroxyl groups excluding tert-OH is 1. The molecule has 0 aliphatic rings. The van der Waals surface area contributed by atoms with Gasteiger partial charge in [0.25, 0.3) is 0 Å². The molecule has 0 radical (unpaired) electrons. The lowest BCUT2D eigenvalue weighted by Gasteiger charge is -2.25. The van der Waals surface area contributed by atoms with Crippen molar-refractivity contribution < 1.29 is 14.6 Å². The first-order valence-electron chi connectivity index (χ1n) is 8.09. The van der Waals surface area contributed by atoms with Crippen LogP contribution in [0.2, 0.25) is 5.02 Å². The van der Waals surface area contributed by atoms with Crippen LogP contribution in [0.1, 0.15) is 18.9 Å². The Morgan fingerprint density at radius 3 is 2.46 bits per heavy atom. The standard InChI is InChI=1S/C19H24ClNO3/c1-3-24-17-8-5-15(6-9-17)14-21(11-4-12-22)16-7-10-19(23-2)18(20)13-16/h5-10,13,22H,3-4,11-12,14H2,1-2H3. The van der Waals surface area contributed by atoms with Crippen LogP contribution in [0.4, 0.5) is 5.69 Å². The van der Waals surface area contributed by atoms with Crippen molar-refractivity contribution in [3.63, 3.8) is 0 Å². The topological polar surface area (TPSA) is 41.9 Å². The molecular weight excluding hydrogens is 326 g/mol. The van der Waals surface area contributed by atoms with E-state index in [4.69, 9.17) is 21.1 Å². The van der Waals surface area contributed by atoms with E-state index in [9.17, 15) is 5.11 Å². The predicted octanol–water partition coefficient (Wildman–Crippen LogP) is 4.14. The number of nitrogens with zero attached hydrogens (tertiary/aromatic N) is 1. The van der Waals surface area contributed by atoms with Crippen LogP contribution in [0.25, 0.3) is 0 Å². The highest BCUT2D eigenvalue weighted by Gasteiger charge is 2.10. The highest BCUT2D eigenvalue weighted by molar-refractivity contribution is 6.32. The minimum absolute atomic E-state index is 0.156. The minimum Gasteiger partial charge on any atom is -0.495 e. The van der Waals surface area contributed by atoms with Gasteiger partial charge in [-0.3, -0.25) is 0 Å². The van der Waals surface area contributed by atoms with Crippen molar-refractivity contribution in [2.75, 3.05) is 31.8 Å². The van der Waals surface area contributed by atoms with Gasteiger partial charge in [-0.2, -0.15) is 0 Å². The van der Waals surface area contributed by atoms with Crippen molar-refractivity contribution in [3.05, 3.63) is 53.1 Å². The number of hydrogen-bond donors (Lipinski definition) is 1. The molecule has 0 aliphatic heterocycles. The molecule has 1 N–H and O–H groups in total. The average Bonchev–Trinajstić information content (AvgIpc) is 2.60. The van der Waals surface area contributed by atoms with E-state index in [1.165, 1.54) is 5.56 Å². The summed E-state index contributed by atoms with van der Waals surface area (Å²) in [6.45, 7) is 4.26. The van der Waals surface area contributed by atoms with Gasteiger partial charge in [-0.05, 0) is 49.2 Å². The molecule has 2 aromatic carbocycles.